The van der Waals surface area contributed by atoms with E-state index < -0.39 is 5.92 Å². The van der Waals surface area contributed by atoms with Crippen LogP contribution in [0.4, 0.5) is 17.1 Å². The molecule has 0 aliphatic carbocycles. The molecule has 1 fully saturated rings. The molecule has 1 aliphatic rings. The number of anilines is 3. The molecule has 6 heteroatoms. The van der Waals surface area contributed by atoms with Crippen LogP contribution in [0.25, 0.3) is 0 Å². The Kier molecular flexibility index (Phi) is 5.26. The maximum absolute atomic E-state index is 12.6. The number of carbonyl (C=O) groups is 3. The van der Waals surface area contributed by atoms with E-state index in [-0.39, 0.29) is 24.1 Å². The average Bonchev–Trinajstić information content (AvgIpc) is 2.99. The van der Waals surface area contributed by atoms with Crippen molar-refractivity contribution < 1.29 is 14.4 Å². The lowest BCUT2D eigenvalue weighted by molar-refractivity contribution is -0.122. The first kappa shape index (κ1) is 18.6. The van der Waals surface area contributed by atoms with E-state index in [9.17, 15) is 14.4 Å². The Morgan fingerprint density at radius 1 is 1.07 bits per heavy atom. The van der Waals surface area contributed by atoms with Gasteiger partial charge in [0.1, 0.15) is 0 Å². The van der Waals surface area contributed by atoms with E-state index in [1.165, 1.54) is 6.92 Å². The predicted molar refractivity (Wildman–Crippen MR) is 106 cm³/mol. The Balaban J connectivity index is 1.71. The summed E-state index contributed by atoms with van der Waals surface area (Å²) in [6, 6.07) is 12.9. The highest BCUT2D eigenvalue weighted by atomic mass is 16.2. The van der Waals surface area contributed by atoms with Gasteiger partial charge in [-0.2, -0.15) is 0 Å². The van der Waals surface area contributed by atoms with E-state index in [0.717, 1.165) is 16.8 Å². The van der Waals surface area contributed by atoms with Crippen molar-refractivity contribution in [2.24, 2.45) is 5.92 Å². The van der Waals surface area contributed by atoms with Gasteiger partial charge in [-0.1, -0.05) is 23.8 Å². The number of amides is 3. The fourth-order valence-corrected chi connectivity index (χ4v) is 3.28. The first-order chi connectivity index (χ1) is 12.8. The molecule has 1 heterocycles. The van der Waals surface area contributed by atoms with Crippen LogP contribution in [0, 0.1) is 19.8 Å². The van der Waals surface area contributed by atoms with E-state index in [1.807, 2.05) is 32.0 Å². The molecular weight excluding hydrogens is 342 g/mol. The minimum atomic E-state index is -0.414. The lowest BCUT2D eigenvalue weighted by atomic mass is 10.1. The lowest BCUT2D eigenvalue weighted by Crippen LogP contribution is -2.28. The van der Waals surface area contributed by atoms with Gasteiger partial charge >= 0.3 is 0 Å². The van der Waals surface area contributed by atoms with Gasteiger partial charge in [0.2, 0.25) is 17.7 Å². The van der Waals surface area contributed by atoms with Crippen molar-refractivity contribution >= 4 is 34.8 Å². The van der Waals surface area contributed by atoms with Crippen LogP contribution in [0.5, 0.6) is 0 Å². The summed E-state index contributed by atoms with van der Waals surface area (Å²) in [5.74, 6) is -0.847. The minimum absolute atomic E-state index is 0.101. The Morgan fingerprint density at radius 3 is 2.56 bits per heavy atom. The molecule has 0 saturated carbocycles. The van der Waals surface area contributed by atoms with Gasteiger partial charge in [0.05, 0.1) is 5.92 Å². The maximum Gasteiger partial charge on any atom is 0.229 e. The molecule has 0 bridgehead atoms. The molecule has 2 aromatic carbocycles. The monoisotopic (exact) mass is 365 g/mol. The second-order valence-electron chi connectivity index (χ2n) is 6.94. The molecule has 3 rings (SSSR count). The zero-order chi connectivity index (χ0) is 19.6. The zero-order valence-corrected chi connectivity index (χ0v) is 15.7. The predicted octanol–water partition coefficient (Wildman–Crippen LogP) is 3.25. The molecular formula is C21H23N3O3. The third kappa shape index (κ3) is 4.34. The SMILES string of the molecule is CC(=O)Nc1cccc(N2C[C@@H](C(=O)Nc3ccc(C)cc3C)CC2=O)c1. The molecule has 140 valence electrons. The second kappa shape index (κ2) is 7.61. The quantitative estimate of drug-likeness (QED) is 0.873. The van der Waals surface area contributed by atoms with Gasteiger partial charge in [0, 0.05) is 37.0 Å². The van der Waals surface area contributed by atoms with Crippen molar-refractivity contribution in [3.8, 4) is 0 Å². The van der Waals surface area contributed by atoms with Gasteiger partial charge < -0.3 is 15.5 Å². The Morgan fingerprint density at radius 2 is 1.85 bits per heavy atom. The van der Waals surface area contributed by atoms with Gasteiger partial charge in [0.25, 0.3) is 0 Å². The molecule has 6 nitrogen and oxygen atoms in total. The first-order valence-corrected chi connectivity index (χ1v) is 8.89. The summed E-state index contributed by atoms with van der Waals surface area (Å²) in [4.78, 5) is 37.9. The standard InChI is InChI=1S/C21H23N3O3/c1-13-7-8-19(14(2)9-13)23-21(27)16-10-20(26)24(12-16)18-6-4-5-17(11-18)22-15(3)25/h4-9,11,16H,10,12H2,1-3H3,(H,22,25)(H,23,27)/t16-/m0/s1. The van der Waals surface area contributed by atoms with E-state index in [1.54, 1.807) is 29.2 Å². The highest BCUT2D eigenvalue weighted by molar-refractivity contribution is 6.04. The van der Waals surface area contributed by atoms with Crippen molar-refractivity contribution in [1.82, 2.24) is 0 Å². The van der Waals surface area contributed by atoms with Gasteiger partial charge in [-0.3, -0.25) is 14.4 Å². The smallest absolute Gasteiger partial charge is 0.229 e. The molecule has 27 heavy (non-hydrogen) atoms. The Labute approximate surface area is 158 Å². The highest BCUT2D eigenvalue weighted by Gasteiger charge is 2.35. The van der Waals surface area contributed by atoms with E-state index in [4.69, 9.17) is 0 Å². The fraction of sp³-hybridized carbons (Fsp3) is 0.286. The van der Waals surface area contributed by atoms with Crippen LogP contribution in [0.3, 0.4) is 0 Å². The summed E-state index contributed by atoms with van der Waals surface area (Å²) in [5, 5.41) is 5.64. The summed E-state index contributed by atoms with van der Waals surface area (Å²) in [6.45, 7) is 5.70. The molecule has 0 spiro atoms. The van der Waals surface area contributed by atoms with Crippen molar-refractivity contribution in [1.29, 1.82) is 0 Å². The normalized spacial score (nSPS) is 16.3. The van der Waals surface area contributed by atoms with Gasteiger partial charge in [-0.25, -0.2) is 0 Å². The molecule has 0 radical (unpaired) electrons. The molecule has 1 saturated heterocycles. The number of hydrogen-bond acceptors (Lipinski definition) is 3. The van der Waals surface area contributed by atoms with Crippen molar-refractivity contribution in [3.63, 3.8) is 0 Å². The van der Waals surface area contributed by atoms with E-state index in [2.05, 4.69) is 10.6 Å². The van der Waals surface area contributed by atoms with Gasteiger partial charge in [-0.15, -0.1) is 0 Å². The summed E-state index contributed by atoms with van der Waals surface area (Å²) < 4.78 is 0. The van der Waals surface area contributed by atoms with Gasteiger partial charge in [-0.05, 0) is 43.7 Å². The minimum Gasteiger partial charge on any atom is -0.326 e. The molecule has 3 amide bonds. The number of hydrogen-bond donors (Lipinski definition) is 2. The number of nitrogens with zero attached hydrogens (tertiary/aromatic N) is 1. The molecule has 1 atom stereocenters. The molecule has 1 aliphatic heterocycles. The second-order valence-corrected chi connectivity index (χ2v) is 6.94. The lowest BCUT2D eigenvalue weighted by Gasteiger charge is -2.18. The summed E-state index contributed by atoms with van der Waals surface area (Å²) in [7, 11) is 0. The fourth-order valence-electron chi connectivity index (χ4n) is 3.28. The number of benzene rings is 2. The number of nitrogens with one attached hydrogen (secondary N) is 2. The van der Waals surface area contributed by atoms with E-state index in [0.29, 0.717) is 17.9 Å². The van der Waals surface area contributed by atoms with Crippen LogP contribution in [0.1, 0.15) is 24.5 Å². The van der Waals surface area contributed by atoms with E-state index >= 15 is 0 Å². The topological polar surface area (TPSA) is 78.5 Å². The van der Waals surface area contributed by atoms with Crippen molar-refractivity contribution in [2.75, 3.05) is 22.1 Å². The van der Waals surface area contributed by atoms with Crippen LogP contribution < -0.4 is 15.5 Å². The third-order valence-corrected chi connectivity index (χ3v) is 4.61. The first-order valence-electron chi connectivity index (χ1n) is 8.89. The van der Waals surface area contributed by atoms with Crippen LogP contribution >= 0.6 is 0 Å². The number of rotatable bonds is 4. The molecule has 2 N–H and O–H groups in total. The molecule has 2 aromatic rings. The molecule has 0 unspecified atom stereocenters. The van der Waals surface area contributed by atoms with Gasteiger partial charge in [0.15, 0.2) is 0 Å². The highest BCUT2D eigenvalue weighted by Crippen LogP contribution is 2.28. The molecule has 0 aromatic heterocycles. The average molecular weight is 365 g/mol. The third-order valence-electron chi connectivity index (χ3n) is 4.61. The maximum atomic E-state index is 12.6. The van der Waals surface area contributed by atoms with Crippen LogP contribution in [-0.2, 0) is 14.4 Å². The van der Waals surface area contributed by atoms with Crippen LogP contribution in [0.2, 0.25) is 0 Å². The van der Waals surface area contributed by atoms with Crippen molar-refractivity contribution in [2.45, 2.75) is 27.2 Å². The largest absolute Gasteiger partial charge is 0.326 e. The summed E-state index contributed by atoms with van der Waals surface area (Å²) in [6.07, 6.45) is 0.168. The summed E-state index contributed by atoms with van der Waals surface area (Å²) in [5.41, 5.74) is 4.19. The Hall–Kier alpha value is -3.15. The van der Waals surface area contributed by atoms with Crippen LogP contribution in [-0.4, -0.2) is 24.3 Å². The zero-order valence-electron chi connectivity index (χ0n) is 15.7. The number of aryl methyl sites for hydroxylation is 2. The van der Waals surface area contributed by atoms with Crippen LogP contribution in [0.15, 0.2) is 42.5 Å². The summed E-state index contributed by atoms with van der Waals surface area (Å²) >= 11 is 0. The Bertz CT molecular complexity index is 907. The number of carbonyl (C=O) groups excluding carboxylic acids is 3. The van der Waals surface area contributed by atoms with Crippen molar-refractivity contribution in [3.05, 3.63) is 53.6 Å².